The van der Waals surface area contributed by atoms with Crippen molar-refractivity contribution in [1.82, 2.24) is 0 Å². The fourth-order valence-electron chi connectivity index (χ4n) is 2.31. The maximum atomic E-state index is 12.3. The van der Waals surface area contributed by atoms with Crippen molar-refractivity contribution in [2.75, 3.05) is 18.5 Å². The summed E-state index contributed by atoms with van der Waals surface area (Å²) in [6.07, 6.45) is 1.18. The highest BCUT2D eigenvalue weighted by molar-refractivity contribution is 6.04. The molecule has 0 saturated heterocycles. The van der Waals surface area contributed by atoms with Crippen molar-refractivity contribution >= 4 is 11.6 Å². The van der Waals surface area contributed by atoms with E-state index in [2.05, 4.69) is 11.4 Å². The van der Waals surface area contributed by atoms with E-state index in [0.29, 0.717) is 42.4 Å². The number of benzene rings is 2. The first-order valence-corrected chi connectivity index (χ1v) is 7.43. The number of nitrogens with zero attached hydrogens (tertiary/aromatic N) is 1. The maximum absolute atomic E-state index is 12.3. The van der Waals surface area contributed by atoms with Crippen LogP contribution in [0.1, 0.15) is 22.3 Å². The van der Waals surface area contributed by atoms with Crippen LogP contribution in [0.2, 0.25) is 0 Å². The Balaban J connectivity index is 1.73. The zero-order valence-corrected chi connectivity index (χ0v) is 12.5. The standard InChI is InChI=1S/C18H16N2O3/c19-9-8-13-2-5-15(6-3-13)20-18(21)14-4-7-16-17(12-14)23-11-1-10-22-16/h2-7,12H,1,8,10-11H2,(H,20,21). The average molecular weight is 308 g/mol. The minimum absolute atomic E-state index is 0.214. The Hall–Kier alpha value is -3.00. The van der Waals surface area contributed by atoms with Gasteiger partial charge in [-0.15, -0.1) is 0 Å². The van der Waals surface area contributed by atoms with Crippen LogP contribution < -0.4 is 14.8 Å². The van der Waals surface area contributed by atoms with Crippen LogP contribution in [0.15, 0.2) is 42.5 Å². The molecule has 1 aliphatic rings. The van der Waals surface area contributed by atoms with Crippen LogP contribution in [0.4, 0.5) is 5.69 Å². The van der Waals surface area contributed by atoms with Crippen LogP contribution in [0, 0.1) is 11.3 Å². The van der Waals surface area contributed by atoms with Gasteiger partial charge in [-0.3, -0.25) is 4.79 Å². The number of ether oxygens (including phenoxy) is 2. The van der Waals surface area contributed by atoms with Gasteiger partial charge in [0, 0.05) is 17.7 Å². The van der Waals surface area contributed by atoms with Gasteiger partial charge in [-0.1, -0.05) is 12.1 Å². The van der Waals surface area contributed by atoms with Crippen molar-refractivity contribution in [3.05, 3.63) is 53.6 Å². The van der Waals surface area contributed by atoms with E-state index in [9.17, 15) is 4.79 Å². The number of rotatable bonds is 3. The minimum Gasteiger partial charge on any atom is -0.490 e. The first-order chi connectivity index (χ1) is 11.3. The van der Waals surface area contributed by atoms with E-state index in [0.717, 1.165) is 12.0 Å². The van der Waals surface area contributed by atoms with E-state index < -0.39 is 0 Å². The van der Waals surface area contributed by atoms with Crippen molar-refractivity contribution in [3.63, 3.8) is 0 Å². The number of hydrogen-bond donors (Lipinski definition) is 1. The average Bonchev–Trinajstić information content (AvgIpc) is 2.81. The van der Waals surface area contributed by atoms with E-state index in [-0.39, 0.29) is 5.91 Å². The van der Waals surface area contributed by atoms with Crippen LogP contribution in [0.5, 0.6) is 11.5 Å². The van der Waals surface area contributed by atoms with Crippen LogP contribution in [0.3, 0.4) is 0 Å². The van der Waals surface area contributed by atoms with Crippen LogP contribution >= 0.6 is 0 Å². The lowest BCUT2D eigenvalue weighted by Crippen LogP contribution is -2.12. The Morgan fingerprint density at radius 2 is 1.83 bits per heavy atom. The Labute approximate surface area is 134 Å². The monoisotopic (exact) mass is 308 g/mol. The fraction of sp³-hybridized carbons (Fsp3) is 0.222. The van der Waals surface area contributed by atoms with E-state index in [4.69, 9.17) is 14.7 Å². The van der Waals surface area contributed by atoms with E-state index >= 15 is 0 Å². The summed E-state index contributed by atoms with van der Waals surface area (Å²) in [6, 6.07) is 14.5. The third-order valence-electron chi connectivity index (χ3n) is 3.50. The highest BCUT2D eigenvalue weighted by atomic mass is 16.5. The minimum atomic E-state index is -0.214. The summed E-state index contributed by atoms with van der Waals surface area (Å²) in [4.78, 5) is 12.3. The molecule has 3 rings (SSSR count). The van der Waals surface area contributed by atoms with Crippen LogP contribution in [0.25, 0.3) is 0 Å². The summed E-state index contributed by atoms with van der Waals surface area (Å²) in [5.74, 6) is 1.05. The Morgan fingerprint density at radius 3 is 2.57 bits per heavy atom. The first kappa shape index (κ1) is 14.9. The van der Waals surface area contributed by atoms with Gasteiger partial charge < -0.3 is 14.8 Å². The van der Waals surface area contributed by atoms with Crippen molar-refractivity contribution in [2.24, 2.45) is 0 Å². The summed E-state index contributed by atoms with van der Waals surface area (Å²) in [7, 11) is 0. The quantitative estimate of drug-likeness (QED) is 0.945. The molecule has 2 aromatic rings. The molecule has 0 aliphatic carbocycles. The largest absolute Gasteiger partial charge is 0.490 e. The van der Waals surface area contributed by atoms with Gasteiger partial charge in [0.1, 0.15) is 0 Å². The highest BCUT2D eigenvalue weighted by Gasteiger charge is 2.14. The lowest BCUT2D eigenvalue weighted by molar-refractivity contribution is 0.102. The molecular formula is C18H16N2O3. The lowest BCUT2D eigenvalue weighted by Gasteiger charge is -2.10. The van der Waals surface area contributed by atoms with Crippen molar-refractivity contribution in [2.45, 2.75) is 12.8 Å². The number of fused-ring (bicyclic) bond motifs is 1. The van der Waals surface area contributed by atoms with Crippen LogP contribution in [-0.2, 0) is 6.42 Å². The summed E-state index contributed by atoms with van der Waals surface area (Å²) < 4.78 is 11.2. The molecule has 1 heterocycles. The second-order valence-corrected chi connectivity index (χ2v) is 5.20. The molecule has 0 aromatic heterocycles. The molecule has 2 aromatic carbocycles. The summed E-state index contributed by atoms with van der Waals surface area (Å²) in [5, 5.41) is 11.5. The predicted octanol–water partition coefficient (Wildman–Crippen LogP) is 3.17. The normalized spacial score (nSPS) is 12.8. The van der Waals surface area contributed by atoms with Gasteiger partial charge in [-0.05, 0) is 35.9 Å². The molecule has 0 unspecified atom stereocenters. The van der Waals surface area contributed by atoms with Crippen LogP contribution in [-0.4, -0.2) is 19.1 Å². The van der Waals surface area contributed by atoms with Gasteiger partial charge >= 0.3 is 0 Å². The molecule has 0 saturated carbocycles. The second-order valence-electron chi connectivity index (χ2n) is 5.20. The Kier molecular flexibility index (Phi) is 4.44. The number of nitrogens with one attached hydrogen (secondary N) is 1. The van der Waals surface area contributed by atoms with Gasteiger partial charge in [0.2, 0.25) is 0 Å². The first-order valence-electron chi connectivity index (χ1n) is 7.43. The zero-order chi connectivity index (χ0) is 16.1. The number of hydrogen-bond acceptors (Lipinski definition) is 4. The van der Waals surface area contributed by atoms with Crippen molar-refractivity contribution < 1.29 is 14.3 Å². The number of carbonyl (C=O) groups is 1. The molecule has 1 aliphatic heterocycles. The van der Waals surface area contributed by atoms with E-state index in [1.807, 2.05) is 12.1 Å². The molecule has 0 fully saturated rings. The molecular weight excluding hydrogens is 292 g/mol. The van der Waals surface area contributed by atoms with Gasteiger partial charge in [0.25, 0.3) is 5.91 Å². The Bertz CT molecular complexity index is 748. The summed E-state index contributed by atoms with van der Waals surface area (Å²) in [5.41, 5.74) is 2.11. The Morgan fingerprint density at radius 1 is 1.09 bits per heavy atom. The molecule has 5 nitrogen and oxygen atoms in total. The molecule has 1 N–H and O–H groups in total. The third kappa shape index (κ3) is 3.61. The van der Waals surface area contributed by atoms with E-state index in [1.165, 1.54) is 0 Å². The van der Waals surface area contributed by atoms with Gasteiger partial charge in [0.15, 0.2) is 11.5 Å². The summed E-state index contributed by atoms with van der Waals surface area (Å²) in [6.45, 7) is 1.20. The smallest absolute Gasteiger partial charge is 0.255 e. The number of amides is 1. The topological polar surface area (TPSA) is 71.4 Å². The highest BCUT2D eigenvalue weighted by Crippen LogP contribution is 2.30. The number of carbonyl (C=O) groups excluding carboxylic acids is 1. The molecule has 0 spiro atoms. The molecule has 116 valence electrons. The molecule has 0 bridgehead atoms. The van der Waals surface area contributed by atoms with Gasteiger partial charge in [-0.25, -0.2) is 0 Å². The lowest BCUT2D eigenvalue weighted by atomic mass is 10.1. The molecule has 0 radical (unpaired) electrons. The second kappa shape index (κ2) is 6.84. The molecule has 5 heteroatoms. The number of nitriles is 1. The SMILES string of the molecule is N#CCc1ccc(NC(=O)c2ccc3c(c2)OCCCO3)cc1. The van der Waals surface area contributed by atoms with Gasteiger partial charge in [-0.2, -0.15) is 5.26 Å². The van der Waals surface area contributed by atoms with Crippen molar-refractivity contribution in [3.8, 4) is 17.6 Å². The third-order valence-corrected chi connectivity index (χ3v) is 3.50. The predicted molar refractivity (Wildman–Crippen MR) is 85.8 cm³/mol. The maximum Gasteiger partial charge on any atom is 0.255 e. The molecule has 1 amide bonds. The molecule has 0 atom stereocenters. The molecule has 23 heavy (non-hydrogen) atoms. The number of anilines is 1. The zero-order valence-electron chi connectivity index (χ0n) is 12.5. The van der Waals surface area contributed by atoms with E-state index in [1.54, 1.807) is 30.3 Å². The van der Waals surface area contributed by atoms with Crippen molar-refractivity contribution in [1.29, 1.82) is 5.26 Å². The fourth-order valence-corrected chi connectivity index (χ4v) is 2.31. The van der Waals surface area contributed by atoms with Gasteiger partial charge in [0.05, 0.1) is 25.7 Å². The summed E-state index contributed by atoms with van der Waals surface area (Å²) >= 11 is 0.